The van der Waals surface area contributed by atoms with Crippen molar-refractivity contribution >= 4 is 7.60 Å². The summed E-state index contributed by atoms with van der Waals surface area (Å²) in [5, 5.41) is 0. The van der Waals surface area contributed by atoms with Crippen LogP contribution in [0.5, 0.6) is 0 Å². The lowest BCUT2D eigenvalue weighted by molar-refractivity contribution is 0.371. The maximum Gasteiger partial charge on any atom is 0.325 e. The molecule has 0 aliphatic rings. The van der Waals surface area contributed by atoms with Crippen LogP contribution in [0.25, 0.3) is 0 Å². The monoisotopic (exact) mass is 248 g/mol. The van der Waals surface area contributed by atoms with E-state index in [4.69, 9.17) is 9.79 Å². The predicted octanol–water partition coefficient (Wildman–Crippen LogP) is 3.86. The lowest BCUT2D eigenvalue weighted by Gasteiger charge is -2.01. The Hall–Kier alpha value is -0.110. The molecule has 0 aromatic rings. The third-order valence-corrected chi connectivity index (χ3v) is 3.36. The summed E-state index contributed by atoms with van der Waals surface area (Å²) < 4.78 is 10.5. The highest BCUT2D eigenvalue weighted by atomic mass is 31.2. The molecular weight excluding hydrogens is 223 g/mol. The topological polar surface area (TPSA) is 57.5 Å². The van der Waals surface area contributed by atoms with E-state index in [9.17, 15) is 4.57 Å². The lowest BCUT2D eigenvalue weighted by atomic mass is 10.1. The summed E-state index contributed by atoms with van der Waals surface area (Å²) in [6.07, 6.45) is 13.1. The van der Waals surface area contributed by atoms with E-state index in [1.54, 1.807) is 0 Å². The Morgan fingerprint density at radius 3 is 2.00 bits per heavy atom. The highest BCUT2D eigenvalue weighted by Crippen LogP contribution is 2.35. The van der Waals surface area contributed by atoms with Gasteiger partial charge in [0.05, 0.1) is 0 Å². The summed E-state index contributed by atoms with van der Waals surface area (Å²) in [6, 6.07) is 0. The molecule has 0 amide bonds. The minimum atomic E-state index is -3.76. The summed E-state index contributed by atoms with van der Waals surface area (Å²) in [5.41, 5.74) is 0. The van der Waals surface area contributed by atoms with E-state index < -0.39 is 7.60 Å². The first-order chi connectivity index (χ1) is 7.56. The molecule has 0 spiro atoms. The Morgan fingerprint density at radius 2 is 1.50 bits per heavy atom. The number of hydrogen-bond donors (Lipinski definition) is 2. The Morgan fingerprint density at radius 1 is 0.938 bits per heavy atom. The molecule has 0 aromatic heterocycles. The van der Waals surface area contributed by atoms with Gasteiger partial charge in [0.1, 0.15) is 0 Å². The van der Waals surface area contributed by atoms with Gasteiger partial charge in [-0.3, -0.25) is 4.57 Å². The van der Waals surface area contributed by atoms with Gasteiger partial charge in [-0.15, -0.1) is 0 Å². The zero-order valence-corrected chi connectivity index (χ0v) is 11.2. The molecule has 16 heavy (non-hydrogen) atoms. The molecule has 0 aliphatic carbocycles. The number of unbranched alkanes of at least 4 members (excludes halogenated alkanes) is 6. The fraction of sp³-hybridized carbons (Fsp3) is 0.833. The van der Waals surface area contributed by atoms with Gasteiger partial charge < -0.3 is 9.79 Å². The van der Waals surface area contributed by atoms with Crippen molar-refractivity contribution in [2.75, 3.05) is 6.16 Å². The van der Waals surface area contributed by atoms with E-state index in [2.05, 4.69) is 19.1 Å². The van der Waals surface area contributed by atoms with Gasteiger partial charge in [-0.05, 0) is 32.1 Å². The van der Waals surface area contributed by atoms with Crippen molar-refractivity contribution in [3.8, 4) is 0 Å². The Balaban J connectivity index is 3.19. The summed E-state index contributed by atoms with van der Waals surface area (Å²) in [7, 11) is -3.76. The van der Waals surface area contributed by atoms with Crippen molar-refractivity contribution in [2.24, 2.45) is 0 Å². The standard InChI is InChI=1S/C12H25O3P/c1-2-3-4-5-6-7-8-9-10-11-12-16(13,14)15/h7-8H,2-6,9-12H2,1H3,(H2,13,14,15)/b8-7+. The predicted molar refractivity (Wildman–Crippen MR) is 68.7 cm³/mol. The van der Waals surface area contributed by atoms with Crippen molar-refractivity contribution in [1.29, 1.82) is 0 Å². The Bertz CT molecular complexity index is 220. The quantitative estimate of drug-likeness (QED) is 0.350. The molecule has 0 saturated carbocycles. The van der Waals surface area contributed by atoms with Crippen molar-refractivity contribution in [3.63, 3.8) is 0 Å². The van der Waals surface area contributed by atoms with E-state index in [0.717, 1.165) is 19.3 Å². The molecule has 0 fully saturated rings. The van der Waals surface area contributed by atoms with E-state index in [-0.39, 0.29) is 6.16 Å². The van der Waals surface area contributed by atoms with Crippen LogP contribution in [-0.2, 0) is 4.57 Å². The molecule has 0 aliphatic heterocycles. The van der Waals surface area contributed by atoms with Crippen LogP contribution in [0, 0.1) is 0 Å². The van der Waals surface area contributed by atoms with Gasteiger partial charge >= 0.3 is 7.60 Å². The van der Waals surface area contributed by atoms with Gasteiger partial charge in [-0.2, -0.15) is 0 Å². The SMILES string of the molecule is CCCCCC/C=C/CCCCP(=O)(O)O. The van der Waals surface area contributed by atoms with Crippen molar-refractivity contribution in [2.45, 2.75) is 58.3 Å². The average molecular weight is 248 g/mol. The van der Waals surface area contributed by atoms with E-state index in [0.29, 0.717) is 6.42 Å². The zero-order valence-electron chi connectivity index (χ0n) is 10.3. The van der Waals surface area contributed by atoms with Crippen LogP contribution in [0.15, 0.2) is 12.2 Å². The van der Waals surface area contributed by atoms with Gasteiger partial charge in [0, 0.05) is 6.16 Å². The smallest absolute Gasteiger partial charge is 0.324 e. The van der Waals surface area contributed by atoms with Crippen LogP contribution in [0.3, 0.4) is 0 Å². The molecule has 96 valence electrons. The average Bonchev–Trinajstić information content (AvgIpc) is 2.19. The van der Waals surface area contributed by atoms with Crippen LogP contribution in [0.4, 0.5) is 0 Å². The number of rotatable bonds is 10. The normalized spacial score (nSPS) is 12.4. The molecule has 0 atom stereocenters. The largest absolute Gasteiger partial charge is 0.325 e. The molecule has 3 nitrogen and oxygen atoms in total. The van der Waals surface area contributed by atoms with Crippen LogP contribution in [-0.4, -0.2) is 15.9 Å². The van der Waals surface area contributed by atoms with Gasteiger partial charge in [-0.1, -0.05) is 38.3 Å². The molecule has 0 radical (unpaired) electrons. The summed E-state index contributed by atoms with van der Waals surface area (Å²) >= 11 is 0. The first-order valence-corrected chi connectivity index (χ1v) is 8.05. The second-order valence-corrected chi connectivity index (χ2v) is 5.98. The minimum Gasteiger partial charge on any atom is -0.324 e. The molecule has 4 heteroatoms. The molecule has 0 rings (SSSR count). The van der Waals surface area contributed by atoms with Gasteiger partial charge in [0.2, 0.25) is 0 Å². The third kappa shape index (κ3) is 13.9. The molecule has 0 aromatic carbocycles. The van der Waals surface area contributed by atoms with E-state index >= 15 is 0 Å². The highest BCUT2D eigenvalue weighted by Gasteiger charge is 2.10. The van der Waals surface area contributed by atoms with Gasteiger partial charge in [-0.25, -0.2) is 0 Å². The van der Waals surface area contributed by atoms with Gasteiger partial charge in [0.15, 0.2) is 0 Å². The molecule has 0 heterocycles. The third-order valence-electron chi connectivity index (χ3n) is 2.46. The van der Waals surface area contributed by atoms with Crippen LogP contribution in [0.1, 0.15) is 58.3 Å². The van der Waals surface area contributed by atoms with Crippen LogP contribution >= 0.6 is 7.60 Å². The second kappa shape index (κ2) is 10.1. The number of allylic oxidation sites excluding steroid dienone is 2. The Labute approximate surface area is 99.1 Å². The molecule has 0 unspecified atom stereocenters. The summed E-state index contributed by atoms with van der Waals surface area (Å²) in [6.45, 7) is 2.21. The maximum absolute atomic E-state index is 10.5. The van der Waals surface area contributed by atoms with Crippen LogP contribution in [0.2, 0.25) is 0 Å². The molecule has 0 bridgehead atoms. The van der Waals surface area contributed by atoms with E-state index in [1.807, 2.05) is 0 Å². The number of hydrogen-bond acceptors (Lipinski definition) is 1. The van der Waals surface area contributed by atoms with Crippen LogP contribution < -0.4 is 0 Å². The molecule has 0 saturated heterocycles. The minimum absolute atomic E-state index is 0.0251. The van der Waals surface area contributed by atoms with Crippen molar-refractivity contribution in [1.82, 2.24) is 0 Å². The van der Waals surface area contributed by atoms with Crippen molar-refractivity contribution in [3.05, 3.63) is 12.2 Å². The van der Waals surface area contributed by atoms with Gasteiger partial charge in [0.25, 0.3) is 0 Å². The second-order valence-electron chi connectivity index (χ2n) is 4.20. The fourth-order valence-electron chi connectivity index (χ4n) is 1.50. The Kier molecular flexibility index (Phi) is 10.0. The first kappa shape index (κ1) is 15.9. The molecule has 2 N–H and O–H groups in total. The van der Waals surface area contributed by atoms with Crippen molar-refractivity contribution < 1.29 is 14.4 Å². The lowest BCUT2D eigenvalue weighted by Crippen LogP contribution is -1.86. The molecular formula is C12H25O3P. The zero-order chi connectivity index (χ0) is 12.3. The fourth-order valence-corrected chi connectivity index (χ4v) is 2.14. The highest BCUT2D eigenvalue weighted by molar-refractivity contribution is 7.51. The maximum atomic E-state index is 10.5. The summed E-state index contributed by atoms with van der Waals surface area (Å²) in [4.78, 5) is 17.3. The summed E-state index contributed by atoms with van der Waals surface area (Å²) in [5.74, 6) is 0. The first-order valence-electron chi connectivity index (χ1n) is 6.26. The van der Waals surface area contributed by atoms with E-state index in [1.165, 1.54) is 25.7 Å².